The molecular formula is C11H14N2O4. The van der Waals surface area contributed by atoms with Gasteiger partial charge in [-0.1, -0.05) is 0 Å². The first-order valence-electron chi connectivity index (χ1n) is 5.15. The maximum Gasteiger partial charge on any atom is 0.326 e. The molecule has 0 aliphatic carbocycles. The SMILES string of the molecule is O=C(Cc1ccncc1)NC(CCO)C(=O)O. The fraction of sp³-hybridized carbons (Fsp3) is 0.364. The molecule has 0 fully saturated rings. The van der Waals surface area contributed by atoms with Gasteiger partial charge in [0, 0.05) is 25.4 Å². The second-order valence-electron chi connectivity index (χ2n) is 3.50. The topological polar surface area (TPSA) is 99.5 Å². The quantitative estimate of drug-likeness (QED) is 0.625. The normalized spacial score (nSPS) is 11.8. The van der Waals surface area contributed by atoms with Gasteiger partial charge >= 0.3 is 5.97 Å². The van der Waals surface area contributed by atoms with Gasteiger partial charge in [-0.3, -0.25) is 9.78 Å². The van der Waals surface area contributed by atoms with Crippen LogP contribution in [0.25, 0.3) is 0 Å². The number of carbonyl (C=O) groups is 2. The average Bonchev–Trinajstić information content (AvgIpc) is 2.29. The number of nitrogens with zero attached hydrogens (tertiary/aromatic N) is 1. The number of carbonyl (C=O) groups excluding carboxylic acids is 1. The van der Waals surface area contributed by atoms with Crippen molar-refractivity contribution in [2.75, 3.05) is 6.61 Å². The van der Waals surface area contributed by atoms with E-state index in [-0.39, 0.29) is 19.4 Å². The summed E-state index contributed by atoms with van der Waals surface area (Å²) in [5.74, 6) is -1.54. The predicted octanol–water partition coefficient (Wildman–Crippen LogP) is -0.424. The highest BCUT2D eigenvalue weighted by Crippen LogP contribution is 1.99. The molecule has 0 aliphatic heterocycles. The van der Waals surface area contributed by atoms with Crippen LogP contribution >= 0.6 is 0 Å². The number of aliphatic hydroxyl groups is 1. The number of pyridine rings is 1. The maximum atomic E-state index is 11.5. The Balaban J connectivity index is 2.51. The lowest BCUT2D eigenvalue weighted by molar-refractivity contribution is -0.142. The van der Waals surface area contributed by atoms with Crippen molar-refractivity contribution >= 4 is 11.9 Å². The number of carboxylic acid groups (broad SMARTS) is 1. The van der Waals surface area contributed by atoms with Crippen LogP contribution < -0.4 is 5.32 Å². The second kappa shape index (κ2) is 6.59. The third kappa shape index (κ3) is 4.60. The minimum atomic E-state index is -1.15. The van der Waals surface area contributed by atoms with E-state index < -0.39 is 17.9 Å². The molecule has 6 nitrogen and oxygen atoms in total. The summed E-state index contributed by atoms with van der Waals surface area (Å²) in [7, 11) is 0. The molecular weight excluding hydrogens is 224 g/mol. The van der Waals surface area contributed by atoms with E-state index in [4.69, 9.17) is 10.2 Å². The zero-order chi connectivity index (χ0) is 12.7. The summed E-state index contributed by atoms with van der Waals surface area (Å²) in [6.07, 6.45) is 3.21. The molecule has 0 aliphatic rings. The number of nitrogens with one attached hydrogen (secondary N) is 1. The molecule has 92 valence electrons. The number of amides is 1. The van der Waals surface area contributed by atoms with E-state index in [2.05, 4.69) is 10.3 Å². The van der Waals surface area contributed by atoms with Crippen molar-refractivity contribution in [3.8, 4) is 0 Å². The number of hydrogen-bond donors (Lipinski definition) is 3. The van der Waals surface area contributed by atoms with Crippen molar-refractivity contribution < 1.29 is 19.8 Å². The number of aliphatic carboxylic acids is 1. The number of rotatable bonds is 6. The van der Waals surface area contributed by atoms with Crippen LogP contribution in [0.4, 0.5) is 0 Å². The van der Waals surface area contributed by atoms with Gasteiger partial charge in [0.2, 0.25) is 5.91 Å². The van der Waals surface area contributed by atoms with Crippen molar-refractivity contribution in [1.29, 1.82) is 0 Å². The number of hydrogen-bond acceptors (Lipinski definition) is 4. The molecule has 1 heterocycles. The van der Waals surface area contributed by atoms with Crippen LogP contribution in [-0.4, -0.2) is 39.7 Å². The maximum absolute atomic E-state index is 11.5. The number of aromatic nitrogens is 1. The molecule has 1 unspecified atom stereocenters. The summed E-state index contributed by atoms with van der Waals surface area (Å²) < 4.78 is 0. The molecule has 6 heteroatoms. The highest BCUT2D eigenvalue weighted by Gasteiger charge is 2.18. The highest BCUT2D eigenvalue weighted by molar-refractivity contribution is 5.84. The smallest absolute Gasteiger partial charge is 0.326 e. The molecule has 17 heavy (non-hydrogen) atoms. The Morgan fingerprint density at radius 2 is 2.00 bits per heavy atom. The largest absolute Gasteiger partial charge is 0.480 e. The average molecular weight is 238 g/mol. The van der Waals surface area contributed by atoms with Gasteiger partial charge in [-0.15, -0.1) is 0 Å². The van der Waals surface area contributed by atoms with Gasteiger partial charge < -0.3 is 15.5 Å². The molecule has 3 N–H and O–H groups in total. The Hall–Kier alpha value is -1.95. The van der Waals surface area contributed by atoms with Crippen LogP contribution in [0.3, 0.4) is 0 Å². The monoisotopic (exact) mass is 238 g/mol. The van der Waals surface area contributed by atoms with Crippen LogP contribution in [0.1, 0.15) is 12.0 Å². The van der Waals surface area contributed by atoms with Gasteiger partial charge in [0.15, 0.2) is 0 Å². The first-order valence-corrected chi connectivity index (χ1v) is 5.15. The third-order valence-corrected chi connectivity index (χ3v) is 2.17. The van der Waals surface area contributed by atoms with Crippen molar-refractivity contribution in [2.45, 2.75) is 18.9 Å². The Kier molecular flexibility index (Phi) is 5.09. The third-order valence-electron chi connectivity index (χ3n) is 2.17. The first kappa shape index (κ1) is 13.1. The Labute approximate surface area is 98.3 Å². The summed E-state index contributed by atoms with van der Waals surface area (Å²) in [6.45, 7) is -0.285. The molecule has 0 spiro atoms. The predicted molar refractivity (Wildman–Crippen MR) is 59.2 cm³/mol. The highest BCUT2D eigenvalue weighted by atomic mass is 16.4. The molecule has 1 amide bonds. The fourth-order valence-corrected chi connectivity index (χ4v) is 1.32. The van der Waals surface area contributed by atoms with E-state index >= 15 is 0 Å². The molecule has 1 atom stereocenters. The first-order chi connectivity index (χ1) is 8.13. The lowest BCUT2D eigenvalue weighted by Gasteiger charge is -2.12. The van der Waals surface area contributed by atoms with Gasteiger partial charge in [-0.2, -0.15) is 0 Å². The number of aliphatic hydroxyl groups excluding tert-OH is 1. The lowest BCUT2D eigenvalue weighted by atomic mass is 10.1. The van der Waals surface area contributed by atoms with E-state index in [1.807, 2.05) is 0 Å². The standard InChI is InChI=1S/C11H14N2O4/c14-6-3-9(11(16)17)13-10(15)7-8-1-4-12-5-2-8/h1-2,4-5,9,14H,3,6-7H2,(H,13,15)(H,16,17). The van der Waals surface area contributed by atoms with Crippen LogP contribution in [0.5, 0.6) is 0 Å². The lowest BCUT2D eigenvalue weighted by Crippen LogP contribution is -2.42. The molecule has 0 aromatic carbocycles. The fourth-order valence-electron chi connectivity index (χ4n) is 1.32. The second-order valence-corrected chi connectivity index (χ2v) is 3.50. The zero-order valence-corrected chi connectivity index (χ0v) is 9.17. The van der Waals surface area contributed by atoms with Gasteiger partial charge in [0.25, 0.3) is 0 Å². The molecule has 1 aromatic rings. The van der Waals surface area contributed by atoms with Crippen LogP contribution in [0, 0.1) is 0 Å². The zero-order valence-electron chi connectivity index (χ0n) is 9.17. The van der Waals surface area contributed by atoms with Crippen molar-refractivity contribution in [1.82, 2.24) is 10.3 Å². The van der Waals surface area contributed by atoms with Gasteiger partial charge in [0.1, 0.15) is 6.04 Å². The Morgan fingerprint density at radius 3 is 2.53 bits per heavy atom. The van der Waals surface area contributed by atoms with E-state index in [0.717, 1.165) is 5.56 Å². The summed E-state index contributed by atoms with van der Waals surface area (Å²) in [5.41, 5.74) is 0.755. The molecule has 0 radical (unpaired) electrons. The van der Waals surface area contributed by atoms with Crippen LogP contribution in [0.2, 0.25) is 0 Å². The van der Waals surface area contributed by atoms with Crippen molar-refractivity contribution in [3.05, 3.63) is 30.1 Å². The van der Waals surface area contributed by atoms with Crippen LogP contribution in [0.15, 0.2) is 24.5 Å². The van der Waals surface area contributed by atoms with E-state index in [1.54, 1.807) is 24.5 Å². The summed E-state index contributed by atoms with van der Waals surface area (Å²) in [6, 6.07) is 2.32. The number of carboxylic acids is 1. The van der Waals surface area contributed by atoms with Gasteiger partial charge in [-0.25, -0.2) is 4.79 Å². The molecule has 0 saturated heterocycles. The van der Waals surface area contributed by atoms with Crippen molar-refractivity contribution in [3.63, 3.8) is 0 Å². The molecule has 0 saturated carbocycles. The van der Waals surface area contributed by atoms with Crippen LogP contribution in [-0.2, 0) is 16.0 Å². The van der Waals surface area contributed by atoms with Crippen molar-refractivity contribution in [2.24, 2.45) is 0 Å². The minimum Gasteiger partial charge on any atom is -0.480 e. The van der Waals surface area contributed by atoms with E-state index in [1.165, 1.54) is 0 Å². The Bertz CT molecular complexity index is 380. The van der Waals surface area contributed by atoms with Gasteiger partial charge in [0.05, 0.1) is 6.42 Å². The Morgan fingerprint density at radius 1 is 1.35 bits per heavy atom. The minimum absolute atomic E-state index is 0.00256. The summed E-state index contributed by atoms with van der Waals surface area (Å²) in [5, 5.41) is 19.8. The van der Waals surface area contributed by atoms with E-state index in [9.17, 15) is 9.59 Å². The summed E-state index contributed by atoms with van der Waals surface area (Å²) >= 11 is 0. The molecule has 1 aromatic heterocycles. The summed E-state index contributed by atoms with van der Waals surface area (Å²) in [4.78, 5) is 26.1. The van der Waals surface area contributed by atoms with Gasteiger partial charge in [-0.05, 0) is 17.7 Å². The molecule has 1 rings (SSSR count). The molecule has 0 bridgehead atoms. The van der Waals surface area contributed by atoms with E-state index in [0.29, 0.717) is 0 Å².